The molecule has 1 nitrogen and oxygen atoms in total. The zero-order chi connectivity index (χ0) is 9.14. The lowest BCUT2D eigenvalue weighted by Gasteiger charge is -2.21. The average Bonchev–Trinajstić information content (AvgIpc) is 2.33. The topological polar surface area (TPSA) is 20.2 Å². The Labute approximate surface area is 75.5 Å². The first-order valence-electron chi connectivity index (χ1n) is 4.93. The Kier molecular flexibility index (Phi) is 3.33. The van der Waals surface area contributed by atoms with Crippen molar-refractivity contribution in [1.29, 1.82) is 0 Å². The number of rotatable bonds is 3. The van der Waals surface area contributed by atoms with Gasteiger partial charge in [0.25, 0.3) is 0 Å². The minimum Gasteiger partial charge on any atom is -0.392 e. The van der Waals surface area contributed by atoms with Crippen LogP contribution in [0.15, 0.2) is 12.2 Å². The molecule has 1 N–H and O–H groups in total. The molecule has 3 unspecified atom stereocenters. The number of aliphatic hydroxyl groups is 1. The number of hydrogen-bond donors (Lipinski definition) is 1. The summed E-state index contributed by atoms with van der Waals surface area (Å²) in [6.45, 7) is 8.07. The van der Waals surface area contributed by atoms with Gasteiger partial charge in [0.1, 0.15) is 0 Å². The summed E-state index contributed by atoms with van der Waals surface area (Å²) in [5, 5.41) is 9.83. The third-order valence-corrected chi connectivity index (χ3v) is 2.98. The number of aliphatic hydroxyl groups excluding tert-OH is 1. The smallest absolute Gasteiger partial charge is 0.0607 e. The van der Waals surface area contributed by atoms with Crippen molar-refractivity contribution in [3.63, 3.8) is 0 Å². The molecular weight excluding hydrogens is 148 g/mol. The Morgan fingerprint density at radius 3 is 2.67 bits per heavy atom. The standard InChI is InChI=1S/C11H20O/c1-8(2)7-11(12)10-6-4-5-9(10)3/h9-12H,1,4-7H2,2-3H3. The molecule has 1 aliphatic rings. The molecule has 1 saturated carbocycles. The highest BCUT2D eigenvalue weighted by molar-refractivity contribution is 4.94. The van der Waals surface area contributed by atoms with Crippen LogP contribution in [0.5, 0.6) is 0 Å². The summed E-state index contributed by atoms with van der Waals surface area (Å²) >= 11 is 0. The van der Waals surface area contributed by atoms with Crippen LogP contribution in [0.25, 0.3) is 0 Å². The van der Waals surface area contributed by atoms with Crippen LogP contribution < -0.4 is 0 Å². The molecule has 12 heavy (non-hydrogen) atoms. The maximum atomic E-state index is 9.83. The summed E-state index contributed by atoms with van der Waals surface area (Å²) in [5.41, 5.74) is 1.10. The molecule has 0 saturated heterocycles. The van der Waals surface area contributed by atoms with Crippen LogP contribution in [0.1, 0.15) is 39.5 Å². The molecule has 3 atom stereocenters. The van der Waals surface area contributed by atoms with Crippen molar-refractivity contribution in [3.8, 4) is 0 Å². The number of hydrogen-bond acceptors (Lipinski definition) is 1. The minimum absolute atomic E-state index is 0.139. The second-order valence-electron chi connectivity index (χ2n) is 4.30. The zero-order valence-electron chi connectivity index (χ0n) is 8.21. The predicted molar refractivity (Wildman–Crippen MR) is 51.9 cm³/mol. The largest absolute Gasteiger partial charge is 0.392 e. The lowest BCUT2D eigenvalue weighted by Crippen LogP contribution is -2.22. The van der Waals surface area contributed by atoms with Crippen LogP contribution in [0, 0.1) is 11.8 Å². The quantitative estimate of drug-likeness (QED) is 0.642. The van der Waals surface area contributed by atoms with Crippen molar-refractivity contribution in [1.82, 2.24) is 0 Å². The second kappa shape index (κ2) is 4.08. The highest BCUT2D eigenvalue weighted by Crippen LogP contribution is 2.35. The fourth-order valence-electron chi connectivity index (χ4n) is 2.25. The van der Waals surface area contributed by atoms with Gasteiger partial charge in [-0.25, -0.2) is 0 Å². The van der Waals surface area contributed by atoms with E-state index >= 15 is 0 Å². The van der Waals surface area contributed by atoms with Crippen molar-refractivity contribution in [2.24, 2.45) is 11.8 Å². The van der Waals surface area contributed by atoms with Crippen molar-refractivity contribution in [2.45, 2.75) is 45.6 Å². The molecular formula is C11H20O. The Morgan fingerprint density at radius 2 is 2.25 bits per heavy atom. The van der Waals surface area contributed by atoms with Gasteiger partial charge in [-0.2, -0.15) is 0 Å². The van der Waals surface area contributed by atoms with Crippen molar-refractivity contribution in [3.05, 3.63) is 12.2 Å². The molecule has 70 valence electrons. The summed E-state index contributed by atoms with van der Waals surface area (Å²) < 4.78 is 0. The monoisotopic (exact) mass is 168 g/mol. The van der Waals surface area contributed by atoms with Crippen LogP contribution in [0.3, 0.4) is 0 Å². The molecule has 0 heterocycles. The lowest BCUT2D eigenvalue weighted by molar-refractivity contribution is 0.0903. The molecule has 0 aromatic heterocycles. The molecule has 1 rings (SSSR count). The van der Waals surface area contributed by atoms with E-state index in [2.05, 4.69) is 13.5 Å². The Hall–Kier alpha value is -0.300. The molecule has 0 aliphatic heterocycles. The van der Waals surface area contributed by atoms with Gasteiger partial charge in [0.15, 0.2) is 0 Å². The average molecular weight is 168 g/mol. The Bertz CT molecular complexity index is 162. The first-order chi connectivity index (χ1) is 5.61. The van der Waals surface area contributed by atoms with Crippen LogP contribution in [0.2, 0.25) is 0 Å². The third kappa shape index (κ3) is 2.34. The fraction of sp³-hybridized carbons (Fsp3) is 0.818. The molecule has 0 amide bonds. The maximum absolute atomic E-state index is 9.83. The van der Waals surface area contributed by atoms with E-state index in [9.17, 15) is 5.11 Å². The molecule has 0 aromatic carbocycles. The van der Waals surface area contributed by atoms with Crippen molar-refractivity contribution < 1.29 is 5.11 Å². The van der Waals surface area contributed by atoms with Gasteiger partial charge in [-0.1, -0.05) is 25.3 Å². The van der Waals surface area contributed by atoms with E-state index < -0.39 is 0 Å². The highest BCUT2D eigenvalue weighted by atomic mass is 16.3. The zero-order valence-corrected chi connectivity index (χ0v) is 8.21. The maximum Gasteiger partial charge on any atom is 0.0607 e. The van der Waals surface area contributed by atoms with Gasteiger partial charge in [0.2, 0.25) is 0 Å². The van der Waals surface area contributed by atoms with Gasteiger partial charge in [0.05, 0.1) is 6.10 Å². The summed E-state index contributed by atoms with van der Waals surface area (Å²) in [4.78, 5) is 0. The SMILES string of the molecule is C=C(C)CC(O)C1CCCC1C. The fourth-order valence-corrected chi connectivity index (χ4v) is 2.25. The van der Waals surface area contributed by atoms with E-state index in [4.69, 9.17) is 0 Å². The van der Waals surface area contributed by atoms with Crippen molar-refractivity contribution >= 4 is 0 Å². The summed E-state index contributed by atoms with van der Waals surface area (Å²) in [6, 6.07) is 0. The van der Waals surface area contributed by atoms with Gasteiger partial charge >= 0.3 is 0 Å². The van der Waals surface area contributed by atoms with E-state index in [1.807, 2.05) is 6.92 Å². The summed E-state index contributed by atoms with van der Waals surface area (Å²) in [5.74, 6) is 1.24. The van der Waals surface area contributed by atoms with E-state index in [-0.39, 0.29) is 6.10 Å². The molecule has 0 radical (unpaired) electrons. The molecule has 1 aliphatic carbocycles. The van der Waals surface area contributed by atoms with Crippen molar-refractivity contribution in [2.75, 3.05) is 0 Å². The van der Waals surface area contributed by atoms with Crippen LogP contribution >= 0.6 is 0 Å². The highest BCUT2D eigenvalue weighted by Gasteiger charge is 2.29. The van der Waals surface area contributed by atoms with Gasteiger partial charge in [-0.15, -0.1) is 6.58 Å². The Morgan fingerprint density at radius 1 is 1.58 bits per heavy atom. The third-order valence-electron chi connectivity index (χ3n) is 2.98. The van der Waals surface area contributed by atoms with Gasteiger partial charge in [0, 0.05) is 0 Å². The molecule has 0 bridgehead atoms. The molecule has 0 spiro atoms. The minimum atomic E-state index is -0.139. The molecule has 1 fully saturated rings. The summed E-state index contributed by atoms with van der Waals surface area (Å²) in [6.07, 6.45) is 4.43. The predicted octanol–water partition coefficient (Wildman–Crippen LogP) is 2.75. The van der Waals surface area contributed by atoms with Gasteiger partial charge in [-0.3, -0.25) is 0 Å². The van der Waals surface area contributed by atoms with E-state index in [1.165, 1.54) is 19.3 Å². The molecule has 0 aromatic rings. The lowest BCUT2D eigenvalue weighted by atomic mass is 9.89. The van der Waals surface area contributed by atoms with Gasteiger partial charge in [-0.05, 0) is 31.6 Å². The normalized spacial score (nSPS) is 31.9. The van der Waals surface area contributed by atoms with E-state index in [1.54, 1.807) is 0 Å². The summed E-state index contributed by atoms with van der Waals surface area (Å²) in [7, 11) is 0. The van der Waals surface area contributed by atoms with Crippen LogP contribution in [-0.4, -0.2) is 11.2 Å². The second-order valence-corrected chi connectivity index (χ2v) is 4.30. The Balaban J connectivity index is 2.40. The van der Waals surface area contributed by atoms with E-state index in [0.29, 0.717) is 11.8 Å². The van der Waals surface area contributed by atoms with E-state index in [0.717, 1.165) is 12.0 Å². The van der Waals surface area contributed by atoms with Gasteiger partial charge < -0.3 is 5.11 Å². The van der Waals surface area contributed by atoms with Crippen LogP contribution in [0.4, 0.5) is 0 Å². The molecule has 1 heteroatoms. The first kappa shape index (κ1) is 9.79. The van der Waals surface area contributed by atoms with Crippen LogP contribution in [-0.2, 0) is 0 Å². The first-order valence-corrected chi connectivity index (χ1v) is 4.93.